The Bertz CT molecular complexity index is 1400. The van der Waals surface area contributed by atoms with Crippen molar-refractivity contribution in [3.8, 4) is 28.5 Å². The van der Waals surface area contributed by atoms with Crippen LogP contribution in [0.2, 0.25) is 0 Å². The fraction of sp³-hybridized carbons (Fsp3) is 0.346. The van der Waals surface area contributed by atoms with E-state index >= 15 is 0 Å². The second kappa shape index (κ2) is 11.0. The summed E-state index contributed by atoms with van der Waals surface area (Å²) in [7, 11) is 1.46. The van der Waals surface area contributed by atoms with Crippen molar-refractivity contribution in [2.75, 3.05) is 26.1 Å². The van der Waals surface area contributed by atoms with E-state index in [0.29, 0.717) is 46.0 Å². The number of halogens is 3. The second-order valence-electron chi connectivity index (χ2n) is 8.59. The lowest BCUT2D eigenvalue weighted by atomic mass is 10.0. The number of pyridine rings is 3. The number of nitrogens with two attached hydrogens (primary N) is 2. The molecule has 0 aliphatic rings. The number of alkyl halides is 3. The Balaban J connectivity index is 1.69. The average molecular weight is 516 g/mol. The van der Waals surface area contributed by atoms with Gasteiger partial charge in [-0.25, -0.2) is 4.98 Å². The molecular weight excluding hydrogens is 487 g/mol. The standard InChI is InChI=1S/C26H28F3N5O3/c1-3-16(30)14-37-17-7-15(11-32-12-17)21-8-18-19-9-23(35-2)24(36-6-4-5-26(27,28)29)10-22(19)33-13-20(18)25(31)34-21/h7-13,16H,3-6,14,30H2,1-2H3,(H2,31,34)/t16-/m1/s1. The van der Waals surface area contributed by atoms with Crippen molar-refractivity contribution in [1.82, 2.24) is 15.0 Å². The summed E-state index contributed by atoms with van der Waals surface area (Å²) >= 11 is 0. The minimum absolute atomic E-state index is 0.0783. The van der Waals surface area contributed by atoms with Crippen LogP contribution in [0.4, 0.5) is 19.0 Å². The molecule has 0 amide bonds. The largest absolute Gasteiger partial charge is 0.493 e. The fourth-order valence-corrected chi connectivity index (χ4v) is 3.77. The molecule has 0 saturated carbocycles. The summed E-state index contributed by atoms with van der Waals surface area (Å²) in [6.45, 7) is 2.25. The van der Waals surface area contributed by atoms with Crippen LogP contribution in [0.15, 0.2) is 42.9 Å². The quantitative estimate of drug-likeness (QED) is 0.217. The normalized spacial score (nSPS) is 12.6. The van der Waals surface area contributed by atoms with Crippen molar-refractivity contribution < 1.29 is 27.4 Å². The molecule has 0 fully saturated rings. The third-order valence-electron chi connectivity index (χ3n) is 5.85. The van der Waals surface area contributed by atoms with Gasteiger partial charge in [-0.2, -0.15) is 13.2 Å². The molecule has 3 aromatic heterocycles. The van der Waals surface area contributed by atoms with Gasteiger partial charge in [-0.05, 0) is 36.4 Å². The van der Waals surface area contributed by atoms with Crippen molar-refractivity contribution in [3.05, 3.63) is 42.9 Å². The fourth-order valence-electron chi connectivity index (χ4n) is 3.77. The second-order valence-corrected chi connectivity index (χ2v) is 8.59. The lowest BCUT2D eigenvalue weighted by Gasteiger charge is -2.14. The smallest absolute Gasteiger partial charge is 0.389 e. The van der Waals surface area contributed by atoms with Crippen LogP contribution in [-0.4, -0.2) is 47.5 Å². The lowest BCUT2D eigenvalue weighted by molar-refractivity contribution is -0.136. The molecule has 0 aliphatic heterocycles. The molecule has 196 valence electrons. The number of hydrogen-bond donors (Lipinski definition) is 2. The maximum absolute atomic E-state index is 12.5. The van der Waals surface area contributed by atoms with E-state index < -0.39 is 12.6 Å². The van der Waals surface area contributed by atoms with Crippen LogP contribution in [0, 0.1) is 0 Å². The Kier molecular flexibility index (Phi) is 7.82. The number of benzene rings is 1. The molecule has 1 atom stereocenters. The van der Waals surface area contributed by atoms with Gasteiger partial charge in [-0.1, -0.05) is 6.92 Å². The van der Waals surface area contributed by atoms with Gasteiger partial charge in [0.15, 0.2) is 11.5 Å². The van der Waals surface area contributed by atoms with Crippen molar-refractivity contribution >= 4 is 27.5 Å². The number of hydrogen-bond acceptors (Lipinski definition) is 8. The summed E-state index contributed by atoms with van der Waals surface area (Å²) < 4.78 is 54.2. The highest BCUT2D eigenvalue weighted by molar-refractivity contribution is 6.10. The van der Waals surface area contributed by atoms with E-state index in [-0.39, 0.29) is 24.9 Å². The van der Waals surface area contributed by atoms with Crippen LogP contribution >= 0.6 is 0 Å². The molecule has 0 unspecified atom stereocenters. The molecule has 8 nitrogen and oxygen atoms in total. The van der Waals surface area contributed by atoms with E-state index in [1.54, 1.807) is 30.7 Å². The van der Waals surface area contributed by atoms with Crippen LogP contribution in [0.25, 0.3) is 32.9 Å². The Labute approximate surface area is 211 Å². The molecule has 0 radical (unpaired) electrons. The van der Waals surface area contributed by atoms with Crippen LogP contribution < -0.4 is 25.7 Å². The number of nitrogens with zero attached hydrogens (tertiary/aromatic N) is 3. The van der Waals surface area contributed by atoms with Crippen molar-refractivity contribution in [2.45, 2.75) is 38.4 Å². The van der Waals surface area contributed by atoms with E-state index in [9.17, 15) is 13.2 Å². The number of methoxy groups -OCH3 is 1. The van der Waals surface area contributed by atoms with Gasteiger partial charge in [0.05, 0.1) is 31.1 Å². The van der Waals surface area contributed by atoms with Gasteiger partial charge in [0.2, 0.25) is 0 Å². The predicted molar refractivity (Wildman–Crippen MR) is 136 cm³/mol. The summed E-state index contributed by atoms with van der Waals surface area (Å²) in [4.78, 5) is 13.3. The van der Waals surface area contributed by atoms with Gasteiger partial charge in [-0.3, -0.25) is 9.97 Å². The number of ether oxygens (including phenoxy) is 3. The summed E-state index contributed by atoms with van der Waals surface area (Å²) in [5, 5.41) is 2.14. The topological polar surface area (TPSA) is 118 Å². The first-order chi connectivity index (χ1) is 17.7. The highest BCUT2D eigenvalue weighted by Gasteiger charge is 2.26. The minimum Gasteiger partial charge on any atom is -0.493 e. The third kappa shape index (κ3) is 6.29. The molecule has 4 rings (SSSR count). The highest BCUT2D eigenvalue weighted by Crippen LogP contribution is 2.37. The molecule has 37 heavy (non-hydrogen) atoms. The minimum atomic E-state index is -4.23. The van der Waals surface area contributed by atoms with Gasteiger partial charge in [0.1, 0.15) is 18.2 Å². The zero-order valence-corrected chi connectivity index (χ0v) is 20.5. The molecule has 0 spiro atoms. The molecule has 3 heterocycles. The summed E-state index contributed by atoms with van der Waals surface area (Å²) in [5.41, 5.74) is 14.1. The van der Waals surface area contributed by atoms with Gasteiger partial charge in [0.25, 0.3) is 0 Å². The van der Waals surface area contributed by atoms with Gasteiger partial charge >= 0.3 is 6.18 Å². The summed E-state index contributed by atoms with van der Waals surface area (Å²) in [6.07, 6.45) is 0.352. The van der Waals surface area contributed by atoms with Gasteiger partial charge < -0.3 is 25.7 Å². The van der Waals surface area contributed by atoms with Gasteiger partial charge in [-0.15, -0.1) is 0 Å². The number of nitrogen functional groups attached to an aromatic ring is 1. The SMILES string of the molecule is CC[C@@H](N)COc1cncc(-c2cc3c(cnc4cc(OCCCC(F)(F)F)c(OC)cc43)c(N)n2)c1. The maximum Gasteiger partial charge on any atom is 0.389 e. The van der Waals surface area contributed by atoms with Crippen molar-refractivity contribution in [2.24, 2.45) is 5.73 Å². The van der Waals surface area contributed by atoms with Crippen LogP contribution in [0.5, 0.6) is 17.2 Å². The zero-order chi connectivity index (χ0) is 26.6. The molecule has 1 aromatic carbocycles. The van der Waals surface area contributed by atoms with Crippen LogP contribution in [0.3, 0.4) is 0 Å². The Hall–Kier alpha value is -3.86. The number of rotatable bonds is 10. The zero-order valence-electron chi connectivity index (χ0n) is 20.5. The first-order valence-corrected chi connectivity index (χ1v) is 11.8. The first kappa shape index (κ1) is 26.2. The van der Waals surface area contributed by atoms with E-state index in [4.69, 9.17) is 25.7 Å². The van der Waals surface area contributed by atoms with Gasteiger partial charge in [0, 0.05) is 47.3 Å². The average Bonchev–Trinajstić information content (AvgIpc) is 2.88. The number of aromatic nitrogens is 3. The Morgan fingerprint density at radius 3 is 2.51 bits per heavy atom. The van der Waals surface area contributed by atoms with Crippen LogP contribution in [0.1, 0.15) is 26.2 Å². The molecule has 4 aromatic rings. The van der Waals surface area contributed by atoms with Crippen LogP contribution in [-0.2, 0) is 0 Å². The molecular formula is C26H28F3N5O3. The van der Waals surface area contributed by atoms with Crippen molar-refractivity contribution in [3.63, 3.8) is 0 Å². The van der Waals surface area contributed by atoms with E-state index in [2.05, 4.69) is 15.0 Å². The first-order valence-electron chi connectivity index (χ1n) is 11.8. The number of anilines is 1. The molecule has 11 heteroatoms. The lowest BCUT2D eigenvalue weighted by Crippen LogP contribution is -2.26. The highest BCUT2D eigenvalue weighted by atomic mass is 19.4. The Morgan fingerprint density at radius 1 is 0.973 bits per heavy atom. The molecule has 0 bridgehead atoms. The van der Waals surface area contributed by atoms with E-state index in [1.807, 2.05) is 19.1 Å². The Morgan fingerprint density at radius 2 is 1.78 bits per heavy atom. The van der Waals surface area contributed by atoms with Crippen molar-refractivity contribution in [1.29, 1.82) is 0 Å². The summed E-state index contributed by atoms with van der Waals surface area (Å²) in [6, 6.07) is 6.99. The molecule has 4 N–H and O–H groups in total. The third-order valence-corrected chi connectivity index (χ3v) is 5.85. The number of fused-ring (bicyclic) bond motifs is 3. The van der Waals surface area contributed by atoms with E-state index in [0.717, 1.165) is 17.2 Å². The predicted octanol–water partition coefficient (Wildman–Crippen LogP) is 5.27. The monoisotopic (exact) mass is 515 g/mol. The summed E-state index contributed by atoms with van der Waals surface area (Å²) in [5.74, 6) is 1.53. The van der Waals surface area contributed by atoms with E-state index in [1.165, 1.54) is 7.11 Å². The maximum atomic E-state index is 12.5. The molecule has 0 saturated heterocycles. The molecule has 0 aliphatic carbocycles.